The second-order valence-electron chi connectivity index (χ2n) is 4.29. The van der Waals surface area contributed by atoms with Crippen molar-refractivity contribution >= 4 is 11.6 Å². The zero-order valence-corrected chi connectivity index (χ0v) is 9.23. The van der Waals surface area contributed by atoms with Crippen LogP contribution >= 0.6 is 0 Å². The largest absolute Gasteiger partial charge is 0.362 e. The first-order chi connectivity index (χ1) is 7.65. The first kappa shape index (κ1) is 9.39. The van der Waals surface area contributed by atoms with Crippen molar-refractivity contribution in [2.75, 3.05) is 7.05 Å². The maximum atomic E-state index is 12.1. The van der Waals surface area contributed by atoms with Gasteiger partial charge in [0.05, 0.1) is 12.1 Å². The van der Waals surface area contributed by atoms with E-state index in [0.717, 1.165) is 16.8 Å². The summed E-state index contributed by atoms with van der Waals surface area (Å²) in [6, 6.07) is 7.56. The molecule has 1 aromatic carbocycles. The molecule has 3 rings (SSSR count). The highest BCUT2D eigenvalue weighted by atomic mass is 16.7. The lowest BCUT2D eigenvalue weighted by Crippen LogP contribution is -2.41. The number of carbonyl (C=O) groups excluding carboxylic acids is 1. The fraction of sp³-hybridized carbons (Fsp3) is 0.333. The van der Waals surface area contributed by atoms with Crippen molar-refractivity contribution in [1.82, 2.24) is 4.90 Å². The Morgan fingerprint density at radius 2 is 2.19 bits per heavy atom. The normalized spacial score (nSPS) is 27.0. The van der Waals surface area contributed by atoms with Crippen molar-refractivity contribution in [2.45, 2.75) is 19.1 Å². The van der Waals surface area contributed by atoms with Crippen molar-refractivity contribution in [3.05, 3.63) is 35.4 Å². The Bertz CT molecular complexity index is 509. The Kier molecular flexibility index (Phi) is 1.67. The molecule has 0 saturated carbocycles. The third kappa shape index (κ3) is 0.939. The summed E-state index contributed by atoms with van der Waals surface area (Å²) in [6.07, 6.45) is 0.645. The molecule has 1 atom stereocenters. The van der Waals surface area contributed by atoms with Crippen LogP contribution in [0.15, 0.2) is 29.4 Å². The summed E-state index contributed by atoms with van der Waals surface area (Å²) >= 11 is 0. The van der Waals surface area contributed by atoms with Crippen molar-refractivity contribution in [2.24, 2.45) is 5.16 Å². The lowest BCUT2D eigenvalue weighted by atomic mass is 9.97. The molecule has 2 heterocycles. The van der Waals surface area contributed by atoms with E-state index in [1.807, 2.05) is 31.2 Å². The molecule has 1 aromatic rings. The van der Waals surface area contributed by atoms with Crippen LogP contribution in [0.5, 0.6) is 0 Å². The van der Waals surface area contributed by atoms with Gasteiger partial charge >= 0.3 is 0 Å². The molecule has 0 bridgehead atoms. The fourth-order valence-corrected chi connectivity index (χ4v) is 2.42. The number of hydrogen-bond donors (Lipinski definition) is 0. The van der Waals surface area contributed by atoms with Gasteiger partial charge in [0.15, 0.2) is 0 Å². The summed E-state index contributed by atoms with van der Waals surface area (Å²) < 4.78 is 0. The van der Waals surface area contributed by atoms with Crippen LogP contribution in [0.3, 0.4) is 0 Å². The first-order valence-electron chi connectivity index (χ1n) is 5.24. The van der Waals surface area contributed by atoms with Crippen molar-refractivity contribution < 1.29 is 9.63 Å². The number of fused-ring (bicyclic) bond motifs is 2. The van der Waals surface area contributed by atoms with Gasteiger partial charge in [-0.1, -0.05) is 23.4 Å². The zero-order chi connectivity index (χ0) is 11.3. The van der Waals surface area contributed by atoms with Crippen LogP contribution in [-0.4, -0.2) is 23.6 Å². The molecule has 2 aliphatic heterocycles. The van der Waals surface area contributed by atoms with E-state index in [-0.39, 0.29) is 5.91 Å². The summed E-state index contributed by atoms with van der Waals surface area (Å²) in [7, 11) is 1.76. The van der Waals surface area contributed by atoms with E-state index in [2.05, 4.69) is 5.16 Å². The summed E-state index contributed by atoms with van der Waals surface area (Å²) in [6.45, 7) is 1.91. The van der Waals surface area contributed by atoms with Gasteiger partial charge in [0, 0.05) is 18.2 Å². The minimum atomic E-state index is -0.697. The van der Waals surface area contributed by atoms with Crippen molar-refractivity contribution in [3.8, 4) is 0 Å². The number of amides is 1. The van der Waals surface area contributed by atoms with Gasteiger partial charge in [-0.05, 0) is 13.0 Å². The van der Waals surface area contributed by atoms with Crippen LogP contribution in [0.25, 0.3) is 0 Å². The van der Waals surface area contributed by atoms with Crippen LogP contribution in [0.2, 0.25) is 0 Å². The lowest BCUT2D eigenvalue weighted by molar-refractivity contribution is -0.107. The number of nitrogens with zero attached hydrogens (tertiary/aromatic N) is 2. The summed E-state index contributed by atoms with van der Waals surface area (Å²) in [5.74, 6) is 0.000463. The molecule has 1 amide bonds. The third-order valence-corrected chi connectivity index (χ3v) is 3.27. The van der Waals surface area contributed by atoms with Gasteiger partial charge in [-0.2, -0.15) is 0 Å². The summed E-state index contributed by atoms with van der Waals surface area (Å²) in [4.78, 5) is 19.2. The molecule has 0 saturated heterocycles. The van der Waals surface area contributed by atoms with Crippen LogP contribution in [0, 0.1) is 0 Å². The Hall–Kier alpha value is -1.84. The molecule has 16 heavy (non-hydrogen) atoms. The highest BCUT2D eigenvalue weighted by Crippen LogP contribution is 2.44. The van der Waals surface area contributed by atoms with Gasteiger partial charge in [0.25, 0.3) is 5.91 Å². The maximum absolute atomic E-state index is 12.1. The Morgan fingerprint density at radius 3 is 2.88 bits per heavy atom. The lowest BCUT2D eigenvalue weighted by Gasteiger charge is -2.29. The molecule has 0 aromatic heterocycles. The van der Waals surface area contributed by atoms with Crippen molar-refractivity contribution in [3.63, 3.8) is 0 Å². The molecule has 0 N–H and O–H groups in total. The molecule has 0 unspecified atom stereocenters. The molecular weight excluding hydrogens is 204 g/mol. The minimum Gasteiger partial charge on any atom is -0.362 e. The number of benzene rings is 1. The summed E-state index contributed by atoms with van der Waals surface area (Å²) in [5.41, 5.74) is 1.85. The second kappa shape index (κ2) is 2.84. The number of rotatable bonds is 0. The van der Waals surface area contributed by atoms with Crippen LogP contribution in [0.4, 0.5) is 0 Å². The molecule has 0 radical (unpaired) electrons. The molecule has 4 heteroatoms. The average Bonchev–Trinajstić information content (AvgIpc) is 2.78. The van der Waals surface area contributed by atoms with Gasteiger partial charge in [0.2, 0.25) is 5.72 Å². The Morgan fingerprint density at radius 1 is 1.44 bits per heavy atom. The molecular formula is C12H12N2O2. The Labute approximate surface area is 93.5 Å². The predicted molar refractivity (Wildman–Crippen MR) is 59.0 cm³/mol. The van der Waals surface area contributed by atoms with Gasteiger partial charge in [0.1, 0.15) is 0 Å². The van der Waals surface area contributed by atoms with E-state index >= 15 is 0 Å². The van der Waals surface area contributed by atoms with Crippen LogP contribution < -0.4 is 0 Å². The molecule has 0 aliphatic carbocycles. The first-order valence-corrected chi connectivity index (χ1v) is 5.24. The average molecular weight is 216 g/mol. The second-order valence-corrected chi connectivity index (χ2v) is 4.29. The van der Waals surface area contributed by atoms with Crippen LogP contribution in [0.1, 0.15) is 29.3 Å². The molecule has 4 nitrogen and oxygen atoms in total. The van der Waals surface area contributed by atoms with E-state index < -0.39 is 5.72 Å². The zero-order valence-electron chi connectivity index (χ0n) is 9.23. The topological polar surface area (TPSA) is 41.9 Å². The van der Waals surface area contributed by atoms with E-state index in [1.165, 1.54) is 0 Å². The number of hydrogen-bond acceptors (Lipinski definition) is 3. The monoisotopic (exact) mass is 216 g/mol. The van der Waals surface area contributed by atoms with E-state index in [9.17, 15) is 4.79 Å². The SMILES string of the molecule is CC1=NO[C@]2(C1)c1ccccc1C(=O)N2C. The van der Waals surface area contributed by atoms with Gasteiger partial charge in [-0.3, -0.25) is 9.69 Å². The molecule has 0 fully saturated rings. The van der Waals surface area contributed by atoms with Gasteiger partial charge in [-0.25, -0.2) is 0 Å². The van der Waals surface area contributed by atoms with Crippen LogP contribution in [-0.2, 0) is 10.6 Å². The van der Waals surface area contributed by atoms with E-state index in [1.54, 1.807) is 11.9 Å². The summed E-state index contributed by atoms with van der Waals surface area (Å²) in [5, 5.41) is 3.98. The maximum Gasteiger partial charge on any atom is 0.257 e. The molecule has 1 spiro atoms. The highest BCUT2D eigenvalue weighted by Gasteiger charge is 2.53. The highest BCUT2D eigenvalue weighted by molar-refractivity contribution is 6.00. The predicted octanol–water partition coefficient (Wildman–Crippen LogP) is 1.72. The van der Waals surface area contributed by atoms with Gasteiger partial charge < -0.3 is 4.84 Å². The minimum absolute atomic E-state index is 0.000463. The Balaban J connectivity index is 2.19. The number of carbonyl (C=O) groups is 1. The standard InChI is InChI=1S/C12H12N2O2/c1-8-7-12(16-13-8)10-6-4-3-5-9(10)11(15)14(12)2/h3-6H,7H2,1-2H3/t12-/m1/s1. The van der Waals surface area contributed by atoms with E-state index in [0.29, 0.717) is 6.42 Å². The van der Waals surface area contributed by atoms with E-state index in [4.69, 9.17) is 4.84 Å². The van der Waals surface area contributed by atoms with Crippen molar-refractivity contribution in [1.29, 1.82) is 0 Å². The molecule has 2 aliphatic rings. The fourth-order valence-electron chi connectivity index (χ4n) is 2.42. The third-order valence-electron chi connectivity index (χ3n) is 3.27. The molecule has 82 valence electrons. The number of oxime groups is 1. The van der Waals surface area contributed by atoms with Gasteiger partial charge in [-0.15, -0.1) is 0 Å². The smallest absolute Gasteiger partial charge is 0.257 e. The quantitative estimate of drug-likeness (QED) is 0.662.